The summed E-state index contributed by atoms with van der Waals surface area (Å²) >= 11 is 0. The molecule has 1 amide bonds. The van der Waals surface area contributed by atoms with E-state index in [9.17, 15) is 4.79 Å². The van der Waals surface area contributed by atoms with Crippen LogP contribution in [0.2, 0.25) is 0 Å². The van der Waals surface area contributed by atoms with Gasteiger partial charge in [0.1, 0.15) is 11.3 Å². The summed E-state index contributed by atoms with van der Waals surface area (Å²) in [6.07, 6.45) is 3.70. The fraction of sp³-hybridized carbons (Fsp3) is 0.379. The molecule has 2 aromatic carbocycles. The average Bonchev–Trinajstić information content (AvgIpc) is 3.29. The van der Waals surface area contributed by atoms with Crippen molar-refractivity contribution in [3.05, 3.63) is 71.5 Å². The summed E-state index contributed by atoms with van der Waals surface area (Å²) in [7, 11) is 1.66. The Hall–Kier alpha value is -3.94. The lowest BCUT2D eigenvalue weighted by Gasteiger charge is -2.32. The molecule has 8 heteroatoms. The zero-order chi connectivity index (χ0) is 25.8. The quantitative estimate of drug-likeness (QED) is 0.362. The van der Waals surface area contributed by atoms with Gasteiger partial charge in [-0.3, -0.25) is 4.79 Å². The van der Waals surface area contributed by atoms with E-state index in [4.69, 9.17) is 9.84 Å². The monoisotopic (exact) mass is 498 g/mol. The minimum atomic E-state index is -0.0756. The van der Waals surface area contributed by atoms with Gasteiger partial charge in [0.05, 0.1) is 35.5 Å². The van der Waals surface area contributed by atoms with E-state index in [-0.39, 0.29) is 11.8 Å². The number of piperidine rings is 1. The first-order valence-electron chi connectivity index (χ1n) is 13.0. The van der Waals surface area contributed by atoms with Crippen LogP contribution in [0.15, 0.2) is 54.6 Å². The molecular formula is C29H34N6O2. The van der Waals surface area contributed by atoms with Gasteiger partial charge >= 0.3 is 0 Å². The Morgan fingerprint density at radius 2 is 1.86 bits per heavy atom. The normalized spacial score (nSPS) is 15.6. The maximum absolute atomic E-state index is 13.0. The molecule has 0 aliphatic carbocycles. The second kappa shape index (κ2) is 11.0. The molecule has 3 heterocycles. The second-order valence-corrected chi connectivity index (χ2v) is 9.69. The SMILES string of the molecule is COc1ccc(-n2nc3c(N4CCC[C@H](C(=O)NCCCc5ccccc5)C4)nnc(C)c3c2C)cc1. The number of methoxy groups -OCH3 is 1. The number of nitrogens with one attached hydrogen (secondary N) is 1. The number of carbonyl (C=O) groups is 1. The lowest BCUT2D eigenvalue weighted by molar-refractivity contribution is -0.125. The predicted molar refractivity (Wildman–Crippen MR) is 145 cm³/mol. The van der Waals surface area contributed by atoms with Crippen LogP contribution in [0, 0.1) is 19.8 Å². The average molecular weight is 499 g/mol. The Bertz CT molecular complexity index is 1370. The Morgan fingerprint density at radius 1 is 1.08 bits per heavy atom. The number of hydrogen-bond acceptors (Lipinski definition) is 6. The maximum atomic E-state index is 13.0. The molecule has 0 saturated carbocycles. The molecule has 2 aromatic heterocycles. The summed E-state index contributed by atoms with van der Waals surface area (Å²) in [4.78, 5) is 15.2. The van der Waals surface area contributed by atoms with Crippen LogP contribution in [0.1, 0.15) is 36.2 Å². The number of amides is 1. The number of benzene rings is 2. The number of carbonyl (C=O) groups excluding carboxylic acids is 1. The van der Waals surface area contributed by atoms with Gasteiger partial charge in [-0.05, 0) is 69.4 Å². The van der Waals surface area contributed by atoms with Crippen LogP contribution < -0.4 is 15.0 Å². The van der Waals surface area contributed by atoms with Crippen molar-refractivity contribution in [1.82, 2.24) is 25.3 Å². The third-order valence-corrected chi connectivity index (χ3v) is 7.18. The number of ether oxygens (including phenoxy) is 1. The number of hydrogen-bond donors (Lipinski definition) is 1. The zero-order valence-electron chi connectivity index (χ0n) is 21.8. The van der Waals surface area contributed by atoms with Crippen LogP contribution in [0.3, 0.4) is 0 Å². The summed E-state index contributed by atoms with van der Waals surface area (Å²) < 4.78 is 7.24. The molecule has 1 aliphatic rings. The second-order valence-electron chi connectivity index (χ2n) is 9.69. The highest BCUT2D eigenvalue weighted by Gasteiger charge is 2.29. The van der Waals surface area contributed by atoms with Gasteiger partial charge in [-0.25, -0.2) is 4.68 Å². The Kier molecular flexibility index (Phi) is 7.35. The van der Waals surface area contributed by atoms with Gasteiger partial charge < -0.3 is 15.0 Å². The molecule has 0 spiro atoms. The van der Waals surface area contributed by atoms with Crippen LogP contribution in [0.25, 0.3) is 16.6 Å². The van der Waals surface area contributed by atoms with Crippen molar-refractivity contribution < 1.29 is 9.53 Å². The molecule has 8 nitrogen and oxygen atoms in total. The molecule has 1 saturated heterocycles. The highest BCUT2D eigenvalue weighted by Crippen LogP contribution is 2.32. The van der Waals surface area contributed by atoms with Crippen molar-refractivity contribution in [2.24, 2.45) is 5.92 Å². The predicted octanol–water partition coefficient (Wildman–Crippen LogP) is 4.41. The van der Waals surface area contributed by atoms with Gasteiger partial charge in [0, 0.05) is 19.6 Å². The van der Waals surface area contributed by atoms with Crippen molar-refractivity contribution in [2.75, 3.05) is 31.6 Å². The van der Waals surface area contributed by atoms with E-state index in [1.54, 1.807) is 7.11 Å². The number of nitrogens with zero attached hydrogens (tertiary/aromatic N) is 5. The Balaban J connectivity index is 1.31. The minimum absolute atomic E-state index is 0.0756. The standard InChI is InChI=1S/C29H34N6O2/c1-20-26-21(2)35(24-13-15-25(37-3)16-14-24)33-27(26)28(32-31-20)34-18-8-12-23(19-34)29(36)30-17-7-11-22-9-5-4-6-10-22/h4-6,9-10,13-16,23H,7-8,11-12,17-19H2,1-3H3,(H,30,36)/t23-/m0/s1. The van der Waals surface area contributed by atoms with Crippen LogP contribution in [-0.4, -0.2) is 52.6 Å². The van der Waals surface area contributed by atoms with E-state index in [0.717, 1.165) is 71.8 Å². The van der Waals surface area contributed by atoms with Crippen LogP contribution in [0.4, 0.5) is 5.82 Å². The van der Waals surface area contributed by atoms with E-state index in [1.807, 2.05) is 41.9 Å². The summed E-state index contributed by atoms with van der Waals surface area (Å²) in [6.45, 7) is 6.16. The first-order chi connectivity index (χ1) is 18.0. The highest BCUT2D eigenvalue weighted by molar-refractivity contribution is 5.92. The number of fused-ring (bicyclic) bond motifs is 1. The van der Waals surface area contributed by atoms with Gasteiger partial charge in [-0.15, -0.1) is 5.10 Å². The summed E-state index contributed by atoms with van der Waals surface area (Å²) in [6, 6.07) is 18.2. The number of anilines is 1. The van der Waals surface area contributed by atoms with Crippen molar-refractivity contribution in [1.29, 1.82) is 0 Å². The molecule has 0 radical (unpaired) electrons. The first kappa shape index (κ1) is 24.7. The van der Waals surface area contributed by atoms with E-state index in [1.165, 1.54) is 5.56 Å². The molecule has 192 valence electrons. The molecule has 0 bridgehead atoms. The third kappa shape index (κ3) is 5.28. The number of aryl methyl sites for hydroxylation is 3. The van der Waals surface area contributed by atoms with Crippen molar-refractivity contribution in [3.8, 4) is 11.4 Å². The zero-order valence-corrected chi connectivity index (χ0v) is 21.8. The molecule has 37 heavy (non-hydrogen) atoms. The van der Waals surface area contributed by atoms with Gasteiger partial charge in [0.15, 0.2) is 5.82 Å². The van der Waals surface area contributed by atoms with Gasteiger partial charge in [0.25, 0.3) is 0 Å². The van der Waals surface area contributed by atoms with Gasteiger partial charge in [-0.2, -0.15) is 10.2 Å². The first-order valence-corrected chi connectivity index (χ1v) is 13.0. The smallest absolute Gasteiger partial charge is 0.224 e. The Labute approximate surface area is 217 Å². The Morgan fingerprint density at radius 3 is 2.62 bits per heavy atom. The van der Waals surface area contributed by atoms with Gasteiger partial charge in [-0.1, -0.05) is 30.3 Å². The number of rotatable bonds is 8. The van der Waals surface area contributed by atoms with Crippen LogP contribution in [-0.2, 0) is 11.2 Å². The fourth-order valence-electron chi connectivity index (χ4n) is 5.18. The molecule has 1 fully saturated rings. The molecule has 5 rings (SSSR count). The van der Waals surface area contributed by atoms with Gasteiger partial charge in [0.2, 0.25) is 5.91 Å². The third-order valence-electron chi connectivity index (χ3n) is 7.18. The van der Waals surface area contributed by atoms with Crippen molar-refractivity contribution in [2.45, 2.75) is 39.5 Å². The fourth-order valence-corrected chi connectivity index (χ4v) is 5.18. The molecule has 1 N–H and O–H groups in total. The summed E-state index contributed by atoms with van der Waals surface area (Å²) in [5.41, 5.74) is 4.93. The molecule has 4 aromatic rings. The molecular weight excluding hydrogens is 464 g/mol. The minimum Gasteiger partial charge on any atom is -0.497 e. The van der Waals surface area contributed by atoms with Crippen LogP contribution >= 0.6 is 0 Å². The van der Waals surface area contributed by atoms with E-state index in [0.29, 0.717) is 13.1 Å². The van der Waals surface area contributed by atoms with E-state index in [2.05, 4.69) is 51.6 Å². The molecule has 0 unspecified atom stereocenters. The summed E-state index contributed by atoms with van der Waals surface area (Å²) in [5, 5.41) is 18.2. The van der Waals surface area contributed by atoms with Crippen LogP contribution in [0.5, 0.6) is 5.75 Å². The molecule has 1 aliphatic heterocycles. The topological polar surface area (TPSA) is 85.2 Å². The highest BCUT2D eigenvalue weighted by atomic mass is 16.5. The molecule has 1 atom stereocenters. The van der Waals surface area contributed by atoms with E-state index < -0.39 is 0 Å². The lowest BCUT2D eigenvalue weighted by Crippen LogP contribution is -2.43. The number of aromatic nitrogens is 4. The van der Waals surface area contributed by atoms with Crippen molar-refractivity contribution >= 4 is 22.6 Å². The maximum Gasteiger partial charge on any atom is 0.224 e. The van der Waals surface area contributed by atoms with Crippen molar-refractivity contribution in [3.63, 3.8) is 0 Å². The largest absolute Gasteiger partial charge is 0.497 e. The lowest BCUT2D eigenvalue weighted by atomic mass is 9.97. The van der Waals surface area contributed by atoms with E-state index >= 15 is 0 Å². The summed E-state index contributed by atoms with van der Waals surface area (Å²) in [5.74, 6) is 1.59.